The minimum Gasteiger partial charge on any atom is -0.328 e. The van der Waals surface area contributed by atoms with Crippen LogP contribution in [0.5, 0.6) is 0 Å². The van der Waals surface area contributed by atoms with Crippen LogP contribution in [-0.4, -0.2) is 19.3 Å². The molecule has 1 amide bonds. The van der Waals surface area contributed by atoms with Gasteiger partial charge in [-0.25, -0.2) is 17.9 Å². The van der Waals surface area contributed by atoms with Gasteiger partial charge in [-0.3, -0.25) is 9.59 Å². The van der Waals surface area contributed by atoms with Gasteiger partial charge in [0.1, 0.15) is 5.82 Å². The second kappa shape index (κ2) is 5.46. The third kappa shape index (κ3) is 3.74. The first kappa shape index (κ1) is 14.9. The number of benzene rings is 1. The van der Waals surface area contributed by atoms with Crippen LogP contribution in [0.25, 0.3) is 0 Å². The second-order valence-corrected chi connectivity index (χ2v) is 5.68. The van der Waals surface area contributed by atoms with Crippen molar-refractivity contribution in [3.05, 3.63) is 58.3 Å². The lowest BCUT2D eigenvalue weighted by molar-refractivity contribution is 0.102. The number of amides is 1. The zero-order valence-corrected chi connectivity index (χ0v) is 11.3. The van der Waals surface area contributed by atoms with Crippen molar-refractivity contribution in [1.82, 2.24) is 4.98 Å². The Balaban J connectivity index is 2.31. The Morgan fingerprint density at radius 3 is 2.52 bits per heavy atom. The minimum atomic E-state index is -4.09. The Hall–Kier alpha value is -2.52. The molecule has 1 aromatic carbocycles. The largest absolute Gasteiger partial charge is 0.328 e. The van der Waals surface area contributed by atoms with E-state index in [-0.39, 0.29) is 16.8 Å². The predicted octanol–water partition coefficient (Wildman–Crippen LogP) is 0.414. The summed E-state index contributed by atoms with van der Waals surface area (Å²) in [7, 11) is -4.09. The van der Waals surface area contributed by atoms with Crippen molar-refractivity contribution in [2.24, 2.45) is 5.14 Å². The maximum atomic E-state index is 13.3. The van der Waals surface area contributed by atoms with E-state index in [2.05, 4.69) is 10.3 Å². The number of aromatic nitrogens is 1. The van der Waals surface area contributed by atoms with Gasteiger partial charge < -0.3 is 10.3 Å². The van der Waals surface area contributed by atoms with E-state index in [1.165, 1.54) is 12.3 Å². The van der Waals surface area contributed by atoms with E-state index in [9.17, 15) is 22.4 Å². The van der Waals surface area contributed by atoms with Gasteiger partial charge in [-0.15, -0.1) is 0 Å². The van der Waals surface area contributed by atoms with Gasteiger partial charge in [-0.1, -0.05) is 0 Å². The standard InChI is InChI=1S/C12H10FN3O4S/c13-8-3-9(5-10(4-8)21(14,19)20)16-12(18)7-1-2-11(17)15-6-7/h1-6H,(H,15,17)(H,16,18)(H2,14,19,20). The molecule has 0 fully saturated rings. The van der Waals surface area contributed by atoms with Gasteiger partial charge in [-0.05, 0) is 24.3 Å². The first-order valence-electron chi connectivity index (χ1n) is 5.59. The topological polar surface area (TPSA) is 122 Å². The van der Waals surface area contributed by atoms with Crippen molar-refractivity contribution in [3.63, 3.8) is 0 Å². The zero-order valence-electron chi connectivity index (χ0n) is 10.5. The van der Waals surface area contributed by atoms with Crippen LogP contribution in [0.1, 0.15) is 10.4 Å². The van der Waals surface area contributed by atoms with E-state index < -0.39 is 26.6 Å². The number of anilines is 1. The molecular formula is C12H10FN3O4S. The van der Waals surface area contributed by atoms with E-state index in [0.717, 1.165) is 24.3 Å². The normalized spacial score (nSPS) is 11.1. The highest BCUT2D eigenvalue weighted by atomic mass is 32.2. The molecule has 0 spiro atoms. The number of hydrogen-bond acceptors (Lipinski definition) is 4. The van der Waals surface area contributed by atoms with Crippen molar-refractivity contribution in [1.29, 1.82) is 0 Å². The summed E-state index contributed by atoms with van der Waals surface area (Å²) >= 11 is 0. The SMILES string of the molecule is NS(=O)(=O)c1cc(F)cc(NC(=O)c2ccc(=O)[nH]c2)c1. The van der Waals surface area contributed by atoms with Gasteiger partial charge in [0.2, 0.25) is 15.6 Å². The average molecular weight is 311 g/mol. The Morgan fingerprint density at radius 2 is 1.95 bits per heavy atom. The molecule has 9 heteroatoms. The smallest absolute Gasteiger partial charge is 0.257 e. The number of rotatable bonds is 3. The number of nitrogens with two attached hydrogens (primary N) is 1. The third-order valence-electron chi connectivity index (χ3n) is 2.50. The van der Waals surface area contributed by atoms with Gasteiger partial charge in [0.15, 0.2) is 0 Å². The molecule has 0 bridgehead atoms. The van der Waals surface area contributed by atoms with Gasteiger partial charge in [0, 0.05) is 18.0 Å². The van der Waals surface area contributed by atoms with Crippen LogP contribution >= 0.6 is 0 Å². The minimum absolute atomic E-state index is 0.0739. The molecule has 0 aliphatic carbocycles. The number of sulfonamides is 1. The fraction of sp³-hybridized carbons (Fsp3) is 0. The number of carbonyl (C=O) groups is 1. The number of H-pyrrole nitrogens is 1. The Morgan fingerprint density at radius 1 is 1.24 bits per heavy atom. The quantitative estimate of drug-likeness (QED) is 0.760. The molecule has 0 saturated carbocycles. The van der Waals surface area contributed by atoms with Crippen LogP contribution in [0.4, 0.5) is 10.1 Å². The molecule has 4 N–H and O–H groups in total. The fourth-order valence-corrected chi connectivity index (χ4v) is 2.12. The summed E-state index contributed by atoms with van der Waals surface area (Å²) < 4.78 is 35.7. The monoisotopic (exact) mass is 311 g/mol. The zero-order chi connectivity index (χ0) is 15.6. The molecule has 2 aromatic rings. The van der Waals surface area contributed by atoms with Crippen LogP contribution < -0.4 is 16.0 Å². The number of primary sulfonamides is 1. The summed E-state index contributed by atoms with van der Waals surface area (Å²) in [5.41, 5.74) is -0.333. The van der Waals surface area contributed by atoms with Crippen molar-refractivity contribution >= 4 is 21.6 Å². The molecule has 21 heavy (non-hydrogen) atoms. The number of hydrogen-bond donors (Lipinski definition) is 3. The third-order valence-corrected chi connectivity index (χ3v) is 3.40. The summed E-state index contributed by atoms with van der Waals surface area (Å²) in [6.45, 7) is 0. The number of pyridine rings is 1. The first-order valence-corrected chi connectivity index (χ1v) is 7.14. The summed E-state index contributed by atoms with van der Waals surface area (Å²) in [5, 5.41) is 7.22. The maximum Gasteiger partial charge on any atom is 0.257 e. The molecule has 0 aliphatic rings. The highest BCUT2D eigenvalue weighted by Crippen LogP contribution is 2.17. The lowest BCUT2D eigenvalue weighted by atomic mass is 10.2. The second-order valence-electron chi connectivity index (χ2n) is 4.12. The van der Waals surface area contributed by atoms with E-state index >= 15 is 0 Å². The summed E-state index contributed by atoms with van der Waals surface area (Å²) in [6.07, 6.45) is 1.18. The molecule has 0 aliphatic heterocycles. The van der Waals surface area contributed by atoms with Gasteiger partial charge in [-0.2, -0.15) is 0 Å². The fourth-order valence-electron chi connectivity index (χ4n) is 1.55. The maximum absolute atomic E-state index is 13.3. The first-order chi connectivity index (χ1) is 9.75. The molecule has 1 heterocycles. The molecule has 1 aromatic heterocycles. The highest BCUT2D eigenvalue weighted by Gasteiger charge is 2.13. The lowest BCUT2D eigenvalue weighted by Gasteiger charge is -2.07. The number of carbonyl (C=O) groups excluding carboxylic acids is 1. The average Bonchev–Trinajstić information content (AvgIpc) is 2.37. The summed E-state index contributed by atoms with van der Waals surface area (Å²) in [4.78, 5) is 24.6. The van der Waals surface area contributed by atoms with Crippen molar-refractivity contribution in [2.45, 2.75) is 4.90 Å². The van der Waals surface area contributed by atoms with Crippen molar-refractivity contribution < 1.29 is 17.6 Å². The van der Waals surface area contributed by atoms with Crippen LogP contribution in [0, 0.1) is 5.82 Å². The van der Waals surface area contributed by atoms with E-state index in [1.807, 2.05) is 0 Å². The van der Waals surface area contributed by atoms with Crippen LogP contribution in [0.2, 0.25) is 0 Å². The lowest BCUT2D eigenvalue weighted by Crippen LogP contribution is -2.16. The highest BCUT2D eigenvalue weighted by molar-refractivity contribution is 7.89. The number of nitrogens with one attached hydrogen (secondary N) is 2. The molecule has 0 radical (unpaired) electrons. The van der Waals surface area contributed by atoms with Crippen molar-refractivity contribution in [3.8, 4) is 0 Å². The Kier molecular flexibility index (Phi) is 3.87. The summed E-state index contributed by atoms with van der Waals surface area (Å²) in [6, 6.07) is 5.13. The Bertz CT molecular complexity index is 841. The molecule has 110 valence electrons. The number of aromatic amines is 1. The summed E-state index contributed by atoms with van der Waals surface area (Å²) in [5.74, 6) is -1.50. The van der Waals surface area contributed by atoms with Crippen LogP contribution in [0.15, 0.2) is 46.2 Å². The van der Waals surface area contributed by atoms with Crippen LogP contribution in [0.3, 0.4) is 0 Å². The van der Waals surface area contributed by atoms with Gasteiger partial charge in [0.25, 0.3) is 5.91 Å². The predicted molar refractivity (Wildman–Crippen MR) is 72.8 cm³/mol. The molecular weight excluding hydrogens is 301 g/mol. The Labute approximate surface area is 118 Å². The van der Waals surface area contributed by atoms with Crippen molar-refractivity contribution in [2.75, 3.05) is 5.32 Å². The van der Waals surface area contributed by atoms with Gasteiger partial charge >= 0.3 is 0 Å². The van der Waals surface area contributed by atoms with Gasteiger partial charge in [0.05, 0.1) is 10.5 Å². The van der Waals surface area contributed by atoms with E-state index in [1.54, 1.807) is 0 Å². The van der Waals surface area contributed by atoms with E-state index in [0.29, 0.717) is 0 Å². The number of halogens is 1. The molecule has 0 atom stereocenters. The molecule has 7 nitrogen and oxygen atoms in total. The molecule has 0 saturated heterocycles. The molecule has 2 rings (SSSR count). The molecule has 0 unspecified atom stereocenters. The van der Waals surface area contributed by atoms with E-state index in [4.69, 9.17) is 5.14 Å². The van der Waals surface area contributed by atoms with Crippen LogP contribution in [-0.2, 0) is 10.0 Å².